The highest BCUT2D eigenvalue weighted by atomic mass is 19.4. The first-order valence-electron chi connectivity index (χ1n) is 10.6. The fourth-order valence-electron chi connectivity index (χ4n) is 4.38. The molecule has 1 N–H and O–H groups in total. The van der Waals surface area contributed by atoms with Crippen molar-refractivity contribution in [2.24, 2.45) is 0 Å². The lowest BCUT2D eigenvalue weighted by molar-refractivity contribution is -0.232. The number of piperazine rings is 1. The van der Waals surface area contributed by atoms with E-state index in [1.807, 2.05) is 6.07 Å². The number of esters is 1. The van der Waals surface area contributed by atoms with Gasteiger partial charge in [0, 0.05) is 12.6 Å². The third-order valence-electron chi connectivity index (χ3n) is 5.65. The van der Waals surface area contributed by atoms with Gasteiger partial charge in [0.2, 0.25) is 0 Å². The Morgan fingerprint density at radius 2 is 1.81 bits per heavy atom. The van der Waals surface area contributed by atoms with Crippen LogP contribution in [0.5, 0.6) is 0 Å². The van der Waals surface area contributed by atoms with Gasteiger partial charge in [-0.05, 0) is 39.2 Å². The number of hydrogen-bond donors (Lipinski definition) is 1. The second kappa shape index (κ2) is 9.27. The Bertz CT molecular complexity index is 812. The first-order chi connectivity index (χ1) is 14.9. The summed E-state index contributed by atoms with van der Waals surface area (Å²) in [6.45, 7) is 4.61. The zero-order chi connectivity index (χ0) is 23.7. The van der Waals surface area contributed by atoms with Gasteiger partial charge in [0.25, 0.3) is 0 Å². The van der Waals surface area contributed by atoms with Crippen LogP contribution in [0.3, 0.4) is 0 Å². The van der Waals surface area contributed by atoms with Crippen LogP contribution in [0.4, 0.5) is 18.0 Å². The molecule has 0 aliphatic carbocycles. The number of aliphatic hydroxyl groups is 1. The number of aliphatic hydroxyl groups excluding tert-OH is 1. The number of halogens is 3. The number of ether oxygens (including phenoxy) is 2. The zero-order valence-corrected chi connectivity index (χ0v) is 18.3. The van der Waals surface area contributed by atoms with E-state index in [2.05, 4.69) is 0 Å². The van der Waals surface area contributed by atoms with Crippen LogP contribution in [0, 0.1) is 0 Å². The van der Waals surface area contributed by atoms with Crippen molar-refractivity contribution in [1.82, 2.24) is 9.80 Å². The van der Waals surface area contributed by atoms with Crippen molar-refractivity contribution < 1.29 is 37.3 Å². The molecule has 2 bridgehead atoms. The molecule has 1 aromatic rings. The minimum Gasteiger partial charge on any atom is -0.460 e. The van der Waals surface area contributed by atoms with E-state index in [9.17, 15) is 27.9 Å². The number of hydrogen-bond acceptors (Lipinski definition) is 6. The van der Waals surface area contributed by atoms with Crippen LogP contribution < -0.4 is 0 Å². The van der Waals surface area contributed by atoms with Gasteiger partial charge in [-0.1, -0.05) is 30.3 Å². The van der Waals surface area contributed by atoms with Gasteiger partial charge in [-0.2, -0.15) is 13.2 Å². The Hall–Kier alpha value is -2.33. The molecule has 178 valence electrons. The summed E-state index contributed by atoms with van der Waals surface area (Å²) in [7, 11) is 0. The maximum atomic E-state index is 13.5. The van der Waals surface area contributed by atoms with Crippen molar-refractivity contribution in [2.75, 3.05) is 13.1 Å². The Morgan fingerprint density at radius 1 is 1.16 bits per heavy atom. The predicted molar refractivity (Wildman–Crippen MR) is 109 cm³/mol. The van der Waals surface area contributed by atoms with Gasteiger partial charge in [-0.25, -0.2) is 4.79 Å². The summed E-state index contributed by atoms with van der Waals surface area (Å²) < 4.78 is 51.1. The van der Waals surface area contributed by atoms with Crippen molar-refractivity contribution in [3.8, 4) is 0 Å². The summed E-state index contributed by atoms with van der Waals surface area (Å²) in [5, 5.41) is 10.2. The monoisotopic (exact) mass is 458 g/mol. The summed E-state index contributed by atoms with van der Waals surface area (Å²) in [6, 6.07) is 6.08. The molecule has 2 saturated heterocycles. The maximum Gasteiger partial charge on any atom is 0.415 e. The van der Waals surface area contributed by atoms with Crippen LogP contribution >= 0.6 is 0 Å². The smallest absolute Gasteiger partial charge is 0.415 e. The van der Waals surface area contributed by atoms with Crippen LogP contribution in [0.1, 0.15) is 39.2 Å². The topological polar surface area (TPSA) is 79.3 Å². The molecule has 32 heavy (non-hydrogen) atoms. The lowest BCUT2D eigenvalue weighted by Crippen LogP contribution is -2.67. The number of carbonyl (C=O) groups is 2. The third-order valence-corrected chi connectivity index (χ3v) is 5.65. The van der Waals surface area contributed by atoms with Gasteiger partial charge < -0.3 is 14.6 Å². The Balaban J connectivity index is 1.76. The molecule has 4 atom stereocenters. The van der Waals surface area contributed by atoms with Gasteiger partial charge in [0.15, 0.2) is 6.10 Å². The Morgan fingerprint density at radius 3 is 2.41 bits per heavy atom. The minimum atomic E-state index is -4.91. The van der Waals surface area contributed by atoms with E-state index < -0.39 is 54.6 Å². The molecular formula is C22H29F3N2O5. The summed E-state index contributed by atoms with van der Waals surface area (Å²) in [5.74, 6) is -0.696. The van der Waals surface area contributed by atoms with Gasteiger partial charge in [0.05, 0.1) is 18.6 Å². The standard InChI is InChI=1S/C22H29F3N2O5/c1-21(2,3)32-20(30)27-15-9-10-16(27)18(19(29)22(23,24)25)26(11-15)12-17(28)31-13-14-7-5-4-6-8-14/h4-8,15-16,18-19,29H,9-13H2,1-3H3/t15-,16+,18-,19?/m1/s1. The molecule has 1 unspecified atom stereocenters. The molecule has 2 aliphatic heterocycles. The molecule has 2 heterocycles. The molecule has 10 heteroatoms. The van der Waals surface area contributed by atoms with E-state index in [1.54, 1.807) is 45.0 Å². The number of fused-ring (bicyclic) bond motifs is 2. The summed E-state index contributed by atoms with van der Waals surface area (Å²) in [4.78, 5) is 27.7. The van der Waals surface area contributed by atoms with Crippen molar-refractivity contribution in [3.05, 3.63) is 35.9 Å². The second-order valence-corrected chi connectivity index (χ2v) is 9.24. The normalized spacial score (nSPS) is 24.8. The quantitative estimate of drug-likeness (QED) is 0.684. The highest BCUT2D eigenvalue weighted by molar-refractivity contribution is 5.72. The maximum absolute atomic E-state index is 13.5. The van der Waals surface area contributed by atoms with Gasteiger partial charge in [-0.3, -0.25) is 14.6 Å². The van der Waals surface area contributed by atoms with Crippen molar-refractivity contribution in [3.63, 3.8) is 0 Å². The Labute approximate surface area is 185 Å². The lowest BCUT2D eigenvalue weighted by atomic mass is 9.96. The molecule has 2 fully saturated rings. The minimum absolute atomic E-state index is 0.00308. The number of likely N-dealkylation sites (tertiary alicyclic amines) is 1. The van der Waals surface area contributed by atoms with Crippen LogP contribution in [0.25, 0.3) is 0 Å². The van der Waals surface area contributed by atoms with E-state index in [-0.39, 0.29) is 19.6 Å². The predicted octanol–water partition coefficient (Wildman–Crippen LogP) is 3.11. The van der Waals surface area contributed by atoms with Gasteiger partial charge in [-0.15, -0.1) is 0 Å². The number of nitrogens with zero attached hydrogens (tertiary/aromatic N) is 2. The molecule has 0 aromatic heterocycles. The third kappa shape index (κ3) is 5.72. The van der Waals surface area contributed by atoms with Gasteiger partial charge >= 0.3 is 18.2 Å². The van der Waals surface area contributed by atoms with Gasteiger partial charge in [0.1, 0.15) is 12.2 Å². The fourth-order valence-corrected chi connectivity index (χ4v) is 4.38. The molecular weight excluding hydrogens is 429 g/mol. The summed E-state index contributed by atoms with van der Waals surface area (Å²) in [5.41, 5.74) is -0.0601. The van der Waals surface area contributed by atoms with E-state index in [1.165, 1.54) is 9.80 Å². The van der Waals surface area contributed by atoms with Crippen LogP contribution in [-0.2, 0) is 20.9 Å². The molecule has 7 nitrogen and oxygen atoms in total. The molecule has 3 rings (SSSR count). The fraction of sp³-hybridized carbons (Fsp3) is 0.636. The highest BCUT2D eigenvalue weighted by Gasteiger charge is 2.57. The van der Waals surface area contributed by atoms with E-state index in [0.717, 1.165) is 5.56 Å². The Kier molecular flexibility index (Phi) is 7.04. The summed E-state index contributed by atoms with van der Waals surface area (Å²) >= 11 is 0. The average molecular weight is 458 g/mol. The van der Waals surface area contributed by atoms with E-state index >= 15 is 0 Å². The molecule has 0 saturated carbocycles. The first kappa shape index (κ1) is 24.3. The molecule has 1 amide bonds. The van der Waals surface area contributed by atoms with Crippen molar-refractivity contribution in [2.45, 2.75) is 76.2 Å². The number of rotatable bonds is 5. The van der Waals surface area contributed by atoms with Crippen LogP contribution in [0.15, 0.2) is 30.3 Å². The van der Waals surface area contributed by atoms with E-state index in [4.69, 9.17) is 9.47 Å². The average Bonchev–Trinajstić information content (AvgIpc) is 3.00. The van der Waals surface area contributed by atoms with Crippen molar-refractivity contribution >= 4 is 12.1 Å². The number of carbonyl (C=O) groups excluding carboxylic acids is 2. The first-order valence-corrected chi connectivity index (χ1v) is 10.6. The van der Waals surface area contributed by atoms with Crippen molar-refractivity contribution in [1.29, 1.82) is 0 Å². The van der Waals surface area contributed by atoms with E-state index in [0.29, 0.717) is 6.42 Å². The zero-order valence-electron chi connectivity index (χ0n) is 18.3. The highest BCUT2D eigenvalue weighted by Crippen LogP contribution is 2.39. The lowest BCUT2D eigenvalue weighted by Gasteiger charge is -2.48. The second-order valence-electron chi connectivity index (χ2n) is 9.24. The molecule has 1 aromatic carbocycles. The van der Waals surface area contributed by atoms with Crippen LogP contribution in [-0.4, -0.2) is 76.1 Å². The number of benzene rings is 1. The molecule has 2 aliphatic rings. The number of alkyl halides is 3. The SMILES string of the molecule is CC(C)(C)OC(=O)N1[C@@H]2CC[C@H]1[C@H](C(O)C(F)(F)F)N(CC(=O)OCc1ccccc1)C2. The molecule has 0 radical (unpaired) electrons. The summed E-state index contributed by atoms with van der Waals surface area (Å²) in [6.07, 6.45) is -7.61. The largest absolute Gasteiger partial charge is 0.460 e. The number of amides is 1. The molecule has 0 spiro atoms. The van der Waals surface area contributed by atoms with Crippen LogP contribution in [0.2, 0.25) is 0 Å².